The average molecular weight is 238 g/mol. The van der Waals surface area contributed by atoms with Crippen molar-refractivity contribution in [2.24, 2.45) is 0 Å². The number of aliphatic hydroxyl groups is 1. The van der Waals surface area contributed by atoms with Crippen molar-refractivity contribution in [2.75, 3.05) is 13.1 Å². The molecule has 0 spiro atoms. The summed E-state index contributed by atoms with van der Waals surface area (Å²) in [6, 6.07) is 4.37. The summed E-state index contributed by atoms with van der Waals surface area (Å²) in [6.45, 7) is 4.11. The Bertz CT molecular complexity index is 333. The smallest absolute Gasteiger partial charge is 0.0929 e. The number of rotatable bonds is 2. The molecule has 0 aromatic carbocycles. The maximum absolute atomic E-state index is 9.47. The molecule has 0 aliphatic carbocycles. The Morgan fingerprint density at radius 1 is 1.44 bits per heavy atom. The van der Waals surface area contributed by atoms with E-state index in [0.717, 1.165) is 31.0 Å². The number of thiol groups is 1. The molecule has 0 bridgehead atoms. The first kappa shape index (κ1) is 11.9. The summed E-state index contributed by atoms with van der Waals surface area (Å²) >= 11 is 4.18. The third-order valence-electron chi connectivity index (χ3n) is 3.30. The quantitative estimate of drug-likeness (QED) is 0.773. The van der Waals surface area contributed by atoms with Crippen LogP contribution in [0.4, 0.5) is 0 Å². The van der Waals surface area contributed by atoms with Gasteiger partial charge in [-0.1, -0.05) is 6.07 Å². The number of aliphatic hydroxyl groups excluding tert-OH is 1. The van der Waals surface area contributed by atoms with Gasteiger partial charge in [0.05, 0.1) is 11.1 Å². The van der Waals surface area contributed by atoms with Gasteiger partial charge in [-0.3, -0.25) is 4.90 Å². The van der Waals surface area contributed by atoms with Gasteiger partial charge in [0.1, 0.15) is 0 Å². The number of pyridine rings is 1. The molecule has 2 rings (SSSR count). The molecule has 1 fully saturated rings. The average Bonchev–Trinajstić information content (AvgIpc) is 2.30. The molecule has 88 valence electrons. The van der Waals surface area contributed by atoms with E-state index >= 15 is 0 Å². The molecule has 4 heteroatoms. The number of hydrogen-bond acceptors (Lipinski definition) is 4. The van der Waals surface area contributed by atoms with Crippen LogP contribution in [0, 0.1) is 0 Å². The SMILES string of the molecule is CC(c1ccc(S)nc1)N1CCC(O)CC1. The van der Waals surface area contributed by atoms with Crippen LogP contribution in [-0.2, 0) is 0 Å². The molecule has 0 saturated carbocycles. The minimum atomic E-state index is -0.110. The lowest BCUT2D eigenvalue weighted by atomic mass is 10.0. The Morgan fingerprint density at radius 3 is 2.69 bits per heavy atom. The molecule has 1 aliphatic rings. The lowest BCUT2D eigenvalue weighted by Gasteiger charge is -2.34. The van der Waals surface area contributed by atoms with Crippen LogP contribution in [-0.4, -0.2) is 34.2 Å². The van der Waals surface area contributed by atoms with Crippen LogP contribution < -0.4 is 0 Å². The van der Waals surface area contributed by atoms with E-state index in [-0.39, 0.29) is 6.10 Å². The van der Waals surface area contributed by atoms with E-state index in [1.54, 1.807) is 0 Å². The van der Waals surface area contributed by atoms with Gasteiger partial charge in [0.25, 0.3) is 0 Å². The molecule has 1 unspecified atom stereocenters. The van der Waals surface area contributed by atoms with Crippen molar-refractivity contribution < 1.29 is 5.11 Å². The molecule has 1 aromatic rings. The molecule has 0 radical (unpaired) electrons. The highest BCUT2D eigenvalue weighted by Crippen LogP contribution is 2.23. The molecular weight excluding hydrogens is 220 g/mol. The number of likely N-dealkylation sites (tertiary alicyclic amines) is 1. The predicted molar refractivity (Wildman–Crippen MR) is 66.7 cm³/mol. The second-order valence-corrected chi connectivity index (χ2v) is 4.85. The molecular formula is C12H18N2OS. The second-order valence-electron chi connectivity index (χ2n) is 4.39. The van der Waals surface area contributed by atoms with Gasteiger partial charge in [0, 0.05) is 25.3 Å². The number of hydrogen-bond donors (Lipinski definition) is 2. The summed E-state index contributed by atoms with van der Waals surface area (Å²) in [5, 5.41) is 10.2. The third-order valence-corrected chi connectivity index (χ3v) is 3.56. The van der Waals surface area contributed by atoms with E-state index < -0.39 is 0 Å². The van der Waals surface area contributed by atoms with E-state index in [4.69, 9.17) is 0 Å². The Morgan fingerprint density at radius 2 is 2.12 bits per heavy atom. The van der Waals surface area contributed by atoms with Gasteiger partial charge >= 0.3 is 0 Å². The van der Waals surface area contributed by atoms with Crippen molar-refractivity contribution in [3.05, 3.63) is 23.9 Å². The standard InChI is InChI=1S/C12H18N2OS/c1-9(10-2-3-12(16)13-8-10)14-6-4-11(15)5-7-14/h2-3,8-9,11,15H,4-7H2,1H3,(H,13,16). The molecule has 3 nitrogen and oxygen atoms in total. The van der Waals surface area contributed by atoms with Crippen molar-refractivity contribution in [3.63, 3.8) is 0 Å². The van der Waals surface area contributed by atoms with Crippen LogP contribution in [0.25, 0.3) is 0 Å². The monoisotopic (exact) mass is 238 g/mol. The zero-order chi connectivity index (χ0) is 11.5. The predicted octanol–water partition coefficient (Wildman–Crippen LogP) is 1.89. The maximum Gasteiger partial charge on any atom is 0.0929 e. The lowest BCUT2D eigenvalue weighted by molar-refractivity contribution is 0.0644. The largest absolute Gasteiger partial charge is 0.393 e. The van der Waals surface area contributed by atoms with Crippen LogP contribution in [0.3, 0.4) is 0 Å². The molecule has 1 atom stereocenters. The van der Waals surface area contributed by atoms with Gasteiger partial charge in [-0.25, -0.2) is 4.98 Å². The lowest BCUT2D eigenvalue weighted by Crippen LogP contribution is -2.37. The number of aromatic nitrogens is 1. The first-order valence-electron chi connectivity index (χ1n) is 5.74. The van der Waals surface area contributed by atoms with Crippen LogP contribution in [0.1, 0.15) is 31.4 Å². The van der Waals surface area contributed by atoms with Crippen molar-refractivity contribution in [2.45, 2.75) is 36.9 Å². The van der Waals surface area contributed by atoms with Gasteiger partial charge in [-0.05, 0) is 31.4 Å². The summed E-state index contributed by atoms with van der Waals surface area (Å²) in [5.41, 5.74) is 1.22. The van der Waals surface area contributed by atoms with Crippen molar-refractivity contribution in [1.29, 1.82) is 0 Å². The highest BCUT2D eigenvalue weighted by atomic mass is 32.1. The van der Waals surface area contributed by atoms with Crippen LogP contribution in [0.2, 0.25) is 0 Å². The molecule has 1 N–H and O–H groups in total. The zero-order valence-electron chi connectivity index (χ0n) is 9.50. The first-order chi connectivity index (χ1) is 7.66. The Hall–Kier alpha value is -0.580. The minimum absolute atomic E-state index is 0.110. The van der Waals surface area contributed by atoms with Gasteiger partial charge < -0.3 is 5.11 Å². The molecule has 1 aromatic heterocycles. The summed E-state index contributed by atoms with van der Waals surface area (Å²) in [5.74, 6) is 0. The van der Waals surface area contributed by atoms with Gasteiger partial charge in [0.15, 0.2) is 0 Å². The molecule has 16 heavy (non-hydrogen) atoms. The van der Waals surface area contributed by atoms with Crippen molar-refractivity contribution in [1.82, 2.24) is 9.88 Å². The van der Waals surface area contributed by atoms with Gasteiger partial charge in [0.2, 0.25) is 0 Å². The van der Waals surface area contributed by atoms with Crippen LogP contribution in [0.15, 0.2) is 23.4 Å². The molecule has 1 saturated heterocycles. The minimum Gasteiger partial charge on any atom is -0.393 e. The summed E-state index contributed by atoms with van der Waals surface area (Å²) < 4.78 is 0. The maximum atomic E-state index is 9.47. The Balaban J connectivity index is 2.01. The van der Waals surface area contributed by atoms with Gasteiger partial charge in [-0.2, -0.15) is 0 Å². The van der Waals surface area contributed by atoms with Crippen LogP contribution >= 0.6 is 12.6 Å². The molecule has 2 heterocycles. The number of piperidine rings is 1. The highest BCUT2D eigenvalue weighted by molar-refractivity contribution is 7.80. The fourth-order valence-electron chi connectivity index (χ4n) is 2.13. The zero-order valence-corrected chi connectivity index (χ0v) is 10.4. The van der Waals surface area contributed by atoms with Gasteiger partial charge in [-0.15, -0.1) is 12.6 Å². The highest BCUT2D eigenvalue weighted by Gasteiger charge is 2.22. The number of nitrogens with zero attached hydrogens (tertiary/aromatic N) is 2. The van der Waals surface area contributed by atoms with E-state index in [1.807, 2.05) is 12.3 Å². The third kappa shape index (κ3) is 2.75. The van der Waals surface area contributed by atoms with E-state index in [0.29, 0.717) is 6.04 Å². The summed E-state index contributed by atoms with van der Waals surface area (Å²) in [7, 11) is 0. The first-order valence-corrected chi connectivity index (χ1v) is 6.18. The summed E-state index contributed by atoms with van der Waals surface area (Å²) in [4.78, 5) is 6.59. The fourth-order valence-corrected chi connectivity index (χ4v) is 2.26. The second kappa shape index (κ2) is 5.17. The Kier molecular flexibility index (Phi) is 3.84. The van der Waals surface area contributed by atoms with E-state index in [2.05, 4.69) is 35.5 Å². The molecule has 1 aliphatic heterocycles. The summed E-state index contributed by atoms with van der Waals surface area (Å²) in [6.07, 6.45) is 3.53. The van der Waals surface area contributed by atoms with E-state index in [1.165, 1.54) is 5.56 Å². The molecule has 0 amide bonds. The van der Waals surface area contributed by atoms with E-state index in [9.17, 15) is 5.11 Å². The van der Waals surface area contributed by atoms with Crippen LogP contribution in [0.5, 0.6) is 0 Å². The fraction of sp³-hybridized carbons (Fsp3) is 0.583. The normalized spacial score (nSPS) is 20.9. The van der Waals surface area contributed by atoms with Crippen molar-refractivity contribution in [3.8, 4) is 0 Å². The van der Waals surface area contributed by atoms with Crippen molar-refractivity contribution >= 4 is 12.6 Å². The topological polar surface area (TPSA) is 36.4 Å². The Labute approximate surface area is 102 Å².